The molecular formula is C14H22N4OS. The van der Waals surface area contributed by atoms with Crippen LogP contribution in [0, 0.1) is 0 Å². The number of rotatable bonds is 5. The van der Waals surface area contributed by atoms with E-state index in [0.717, 1.165) is 44.3 Å². The molecule has 20 heavy (non-hydrogen) atoms. The number of hydrogen-bond donors (Lipinski definition) is 0. The minimum atomic E-state index is 0.586. The molecule has 0 amide bonds. The molecule has 3 heterocycles. The molecule has 1 saturated heterocycles. The van der Waals surface area contributed by atoms with Gasteiger partial charge < -0.3 is 4.74 Å². The van der Waals surface area contributed by atoms with Gasteiger partial charge in [0, 0.05) is 63.6 Å². The lowest BCUT2D eigenvalue weighted by Crippen LogP contribution is -2.52. The van der Waals surface area contributed by atoms with Crippen LogP contribution < -0.4 is 0 Å². The summed E-state index contributed by atoms with van der Waals surface area (Å²) in [6.07, 6.45) is 4.22. The van der Waals surface area contributed by atoms with Crippen LogP contribution in [0.1, 0.15) is 12.6 Å². The van der Waals surface area contributed by atoms with Crippen LogP contribution in [0.2, 0.25) is 0 Å². The van der Waals surface area contributed by atoms with Crippen LogP contribution in [0.15, 0.2) is 17.8 Å². The van der Waals surface area contributed by atoms with Gasteiger partial charge in [0.1, 0.15) is 0 Å². The Bertz CT molecular complexity index is 524. The number of imidazole rings is 1. The van der Waals surface area contributed by atoms with E-state index in [1.54, 1.807) is 18.4 Å². The van der Waals surface area contributed by atoms with Crippen LogP contribution in [-0.4, -0.2) is 65.1 Å². The van der Waals surface area contributed by atoms with E-state index in [-0.39, 0.29) is 0 Å². The number of hydrogen-bond acceptors (Lipinski definition) is 5. The zero-order valence-corrected chi connectivity index (χ0v) is 13.0. The van der Waals surface area contributed by atoms with Crippen molar-refractivity contribution in [2.24, 2.45) is 0 Å². The molecule has 0 unspecified atom stereocenters. The van der Waals surface area contributed by atoms with Crippen molar-refractivity contribution in [1.29, 1.82) is 0 Å². The highest BCUT2D eigenvalue weighted by molar-refractivity contribution is 7.15. The van der Waals surface area contributed by atoms with Gasteiger partial charge in [-0.25, -0.2) is 4.98 Å². The van der Waals surface area contributed by atoms with Crippen molar-refractivity contribution >= 4 is 16.3 Å². The highest BCUT2D eigenvalue weighted by Gasteiger charge is 2.23. The van der Waals surface area contributed by atoms with E-state index in [1.165, 1.54) is 5.69 Å². The molecule has 2 aromatic rings. The molecule has 0 aliphatic carbocycles. The van der Waals surface area contributed by atoms with Gasteiger partial charge in [-0.2, -0.15) is 0 Å². The van der Waals surface area contributed by atoms with Gasteiger partial charge in [0.25, 0.3) is 0 Å². The molecule has 0 bridgehead atoms. The average Bonchev–Trinajstić information content (AvgIpc) is 2.98. The summed E-state index contributed by atoms with van der Waals surface area (Å²) in [5.41, 5.74) is 1.18. The van der Waals surface area contributed by atoms with Crippen LogP contribution >= 0.6 is 11.3 Å². The quantitative estimate of drug-likeness (QED) is 0.838. The highest BCUT2D eigenvalue weighted by atomic mass is 32.1. The van der Waals surface area contributed by atoms with Gasteiger partial charge in [-0.15, -0.1) is 11.3 Å². The van der Waals surface area contributed by atoms with E-state index < -0.39 is 0 Å². The molecule has 1 fully saturated rings. The molecule has 0 saturated carbocycles. The molecule has 0 radical (unpaired) electrons. The summed E-state index contributed by atoms with van der Waals surface area (Å²) in [5.74, 6) is 0. The maximum Gasteiger partial charge on any atom is 0.193 e. The minimum Gasteiger partial charge on any atom is -0.383 e. The second-order valence-corrected chi connectivity index (χ2v) is 6.31. The van der Waals surface area contributed by atoms with E-state index in [0.29, 0.717) is 6.04 Å². The Hall–Kier alpha value is -0.950. The number of aromatic nitrogens is 2. The predicted octanol–water partition coefficient (Wildman–Crippen LogP) is 1.55. The Labute approximate surface area is 123 Å². The molecule has 110 valence electrons. The van der Waals surface area contributed by atoms with Gasteiger partial charge in [-0.3, -0.25) is 14.2 Å². The van der Waals surface area contributed by atoms with Crippen molar-refractivity contribution in [2.45, 2.75) is 19.5 Å². The van der Waals surface area contributed by atoms with Crippen molar-refractivity contribution in [3.8, 4) is 0 Å². The standard InChI is InChI=1S/C14H22N4OS/c1-12-9-16(3-4-17(12)5-7-19-2)10-13-11-18-6-8-20-14(18)15-13/h6,8,11-12H,3-5,7,9-10H2,1-2H3/t12-/m1/s1. The zero-order chi connectivity index (χ0) is 13.9. The van der Waals surface area contributed by atoms with Crippen LogP contribution in [0.4, 0.5) is 0 Å². The van der Waals surface area contributed by atoms with Gasteiger partial charge >= 0.3 is 0 Å². The molecule has 0 spiro atoms. The smallest absolute Gasteiger partial charge is 0.193 e. The number of piperazine rings is 1. The molecule has 0 N–H and O–H groups in total. The van der Waals surface area contributed by atoms with Crippen LogP contribution in [-0.2, 0) is 11.3 Å². The maximum atomic E-state index is 5.17. The molecule has 6 heteroatoms. The zero-order valence-electron chi connectivity index (χ0n) is 12.2. The van der Waals surface area contributed by atoms with Crippen LogP contribution in [0.5, 0.6) is 0 Å². The number of nitrogens with zero attached hydrogens (tertiary/aromatic N) is 4. The van der Waals surface area contributed by atoms with E-state index in [2.05, 4.69) is 43.9 Å². The summed E-state index contributed by atoms with van der Waals surface area (Å²) in [7, 11) is 1.77. The average molecular weight is 294 g/mol. The first-order chi connectivity index (χ1) is 9.76. The Morgan fingerprint density at radius 3 is 3.10 bits per heavy atom. The first-order valence-corrected chi connectivity index (χ1v) is 8.00. The summed E-state index contributed by atoms with van der Waals surface area (Å²) in [6.45, 7) is 8.44. The predicted molar refractivity (Wildman–Crippen MR) is 81.3 cm³/mol. The monoisotopic (exact) mass is 294 g/mol. The summed E-state index contributed by atoms with van der Waals surface area (Å²) < 4.78 is 7.28. The molecule has 1 aliphatic rings. The largest absolute Gasteiger partial charge is 0.383 e. The highest BCUT2D eigenvalue weighted by Crippen LogP contribution is 2.15. The van der Waals surface area contributed by atoms with Gasteiger partial charge in [0.05, 0.1) is 12.3 Å². The molecule has 5 nitrogen and oxygen atoms in total. The second-order valence-electron chi connectivity index (χ2n) is 5.44. The van der Waals surface area contributed by atoms with E-state index in [4.69, 9.17) is 4.74 Å². The summed E-state index contributed by atoms with van der Waals surface area (Å²) in [5, 5.41) is 2.07. The Balaban J connectivity index is 1.55. The number of thiazole rings is 1. The molecule has 2 aromatic heterocycles. The SMILES string of the molecule is COCCN1CCN(Cc2cn3ccsc3n2)C[C@H]1C. The Morgan fingerprint density at radius 1 is 1.45 bits per heavy atom. The fourth-order valence-electron chi connectivity index (χ4n) is 2.84. The fourth-order valence-corrected chi connectivity index (χ4v) is 3.56. The number of methoxy groups -OCH3 is 1. The lowest BCUT2D eigenvalue weighted by atomic mass is 10.2. The fraction of sp³-hybridized carbons (Fsp3) is 0.643. The first kappa shape index (κ1) is 14.0. The number of ether oxygens (including phenoxy) is 1. The van der Waals surface area contributed by atoms with Crippen molar-refractivity contribution in [1.82, 2.24) is 19.2 Å². The van der Waals surface area contributed by atoms with E-state index in [1.807, 2.05) is 0 Å². The van der Waals surface area contributed by atoms with Crippen LogP contribution in [0.25, 0.3) is 4.96 Å². The van der Waals surface area contributed by atoms with Gasteiger partial charge in [-0.1, -0.05) is 0 Å². The van der Waals surface area contributed by atoms with E-state index in [9.17, 15) is 0 Å². The lowest BCUT2D eigenvalue weighted by molar-refractivity contribution is 0.0553. The molecular weight excluding hydrogens is 272 g/mol. The molecule has 3 rings (SSSR count). The third-order valence-electron chi connectivity index (χ3n) is 3.96. The molecule has 1 aliphatic heterocycles. The number of fused-ring (bicyclic) bond motifs is 1. The first-order valence-electron chi connectivity index (χ1n) is 7.12. The summed E-state index contributed by atoms with van der Waals surface area (Å²) >= 11 is 1.69. The van der Waals surface area contributed by atoms with Gasteiger partial charge in [0.2, 0.25) is 0 Å². The van der Waals surface area contributed by atoms with Crippen molar-refractivity contribution in [3.63, 3.8) is 0 Å². The Kier molecular flexibility index (Phi) is 4.35. The molecule has 0 aromatic carbocycles. The van der Waals surface area contributed by atoms with Crippen LogP contribution in [0.3, 0.4) is 0 Å². The van der Waals surface area contributed by atoms with Gasteiger partial charge in [0.15, 0.2) is 4.96 Å². The Morgan fingerprint density at radius 2 is 2.35 bits per heavy atom. The van der Waals surface area contributed by atoms with E-state index >= 15 is 0 Å². The normalized spacial score (nSPS) is 21.8. The summed E-state index contributed by atoms with van der Waals surface area (Å²) in [4.78, 5) is 10.8. The van der Waals surface area contributed by atoms with Crippen molar-refractivity contribution in [3.05, 3.63) is 23.5 Å². The third kappa shape index (κ3) is 3.03. The second kappa shape index (κ2) is 6.22. The topological polar surface area (TPSA) is 33.0 Å². The summed E-state index contributed by atoms with van der Waals surface area (Å²) in [6, 6.07) is 0.586. The maximum absolute atomic E-state index is 5.17. The minimum absolute atomic E-state index is 0.586. The molecule has 1 atom stereocenters. The van der Waals surface area contributed by atoms with Crippen molar-refractivity contribution in [2.75, 3.05) is 39.9 Å². The van der Waals surface area contributed by atoms with Gasteiger partial charge in [-0.05, 0) is 6.92 Å². The third-order valence-corrected chi connectivity index (χ3v) is 4.73. The van der Waals surface area contributed by atoms with Crippen molar-refractivity contribution < 1.29 is 4.74 Å². The lowest BCUT2D eigenvalue weighted by Gasteiger charge is -2.39.